The number of carbonyl (C=O) groups is 4. The topological polar surface area (TPSA) is 266 Å². The monoisotopic (exact) mass is 694 g/mol. The second-order valence-electron chi connectivity index (χ2n) is 13.3. The van der Waals surface area contributed by atoms with E-state index in [1.54, 1.807) is 6.92 Å². The van der Waals surface area contributed by atoms with Gasteiger partial charge in [-0.3, -0.25) is 19.8 Å². The molecule has 1 fully saturated rings. The number of aldehydes is 1. The molecule has 6 unspecified atom stereocenters. The van der Waals surface area contributed by atoms with Crippen LogP contribution in [0.2, 0.25) is 0 Å². The molecule has 16 heteroatoms. The Morgan fingerprint density at radius 3 is 2.58 bits per heavy atom. The molecule has 0 radical (unpaired) electrons. The molecular formula is C34H42N6O10. The minimum Gasteiger partial charge on any atom is -0.507 e. The molecule has 50 heavy (non-hydrogen) atoms. The largest absolute Gasteiger partial charge is 0.507 e. The lowest BCUT2D eigenvalue weighted by atomic mass is 9.71. The lowest BCUT2D eigenvalue weighted by Gasteiger charge is -2.44. The van der Waals surface area contributed by atoms with Gasteiger partial charge in [0.25, 0.3) is 0 Å². The van der Waals surface area contributed by atoms with Crippen LogP contribution in [-0.2, 0) is 20.7 Å². The molecule has 0 saturated heterocycles. The summed E-state index contributed by atoms with van der Waals surface area (Å²) in [4.78, 5) is 55.5. The van der Waals surface area contributed by atoms with Crippen LogP contribution in [0.5, 0.6) is 17.2 Å². The summed E-state index contributed by atoms with van der Waals surface area (Å²) in [5, 5.41) is 49.5. The standard InChI is InChI=1S/C34H42N6O10/c1-16-11-17(12-20(35)29(16)43)50-22-14-34(48,23(15-41)38-39-24(42)9-4-3-5-10-37-40-36)13-19-26(22)33(47)28-27(31(19)45)30(44)18-7-6-8-21(49-2)25(18)32(28)46/h6-8,15-17,20,22-23,29,38,43,45,47-48H,3-5,9-14,35H2,1-2H3,(H,39,42)/t16?,17?,20?,22?,23?,29?,34-/m0/s1. The SMILES string of the molecule is COc1cccc2c1C(=O)c1c(O)c3c(c(O)c1C2=O)C[C@@](O)(C(C=O)NNC(=O)CCCCCN=[N+]=[N-])CC3OC1CC(C)C(O)C(N)C1. The van der Waals surface area contributed by atoms with E-state index in [2.05, 4.69) is 20.9 Å². The molecule has 16 nitrogen and oxygen atoms in total. The summed E-state index contributed by atoms with van der Waals surface area (Å²) < 4.78 is 11.8. The number of hydrazine groups is 1. The fourth-order valence-electron chi connectivity index (χ4n) is 7.36. The third-order valence-electron chi connectivity index (χ3n) is 9.96. The van der Waals surface area contributed by atoms with Crippen molar-refractivity contribution in [1.29, 1.82) is 0 Å². The average molecular weight is 695 g/mol. The summed E-state index contributed by atoms with van der Waals surface area (Å²) in [6, 6.07) is 2.31. The van der Waals surface area contributed by atoms with Crippen LogP contribution in [0.3, 0.4) is 0 Å². The molecule has 1 saturated carbocycles. The summed E-state index contributed by atoms with van der Waals surface area (Å²) >= 11 is 0. The van der Waals surface area contributed by atoms with Gasteiger partial charge in [0.15, 0.2) is 5.78 Å². The molecule has 3 aliphatic rings. The van der Waals surface area contributed by atoms with Crippen LogP contribution in [0.4, 0.5) is 0 Å². The molecular weight excluding hydrogens is 652 g/mol. The number of hydrogen-bond donors (Lipinski definition) is 7. The minimum absolute atomic E-state index is 0.0350. The lowest BCUT2D eigenvalue weighted by Crippen LogP contribution is -2.60. The number of nitrogens with two attached hydrogens (primary N) is 1. The predicted octanol–water partition coefficient (Wildman–Crippen LogP) is 2.16. The maximum atomic E-state index is 13.9. The van der Waals surface area contributed by atoms with Crippen LogP contribution in [-0.4, -0.2) is 87.7 Å². The van der Waals surface area contributed by atoms with E-state index in [0.717, 1.165) is 0 Å². The Balaban J connectivity index is 1.51. The van der Waals surface area contributed by atoms with Crippen LogP contribution in [0.15, 0.2) is 23.3 Å². The number of unbranched alkanes of at least 4 members (excludes halogenated alkanes) is 2. The quantitative estimate of drug-likeness (QED) is 0.0258. The van der Waals surface area contributed by atoms with Crippen molar-refractivity contribution in [3.63, 3.8) is 0 Å². The van der Waals surface area contributed by atoms with Gasteiger partial charge in [-0.15, -0.1) is 0 Å². The Kier molecular flexibility index (Phi) is 11.1. The molecule has 3 aliphatic carbocycles. The summed E-state index contributed by atoms with van der Waals surface area (Å²) in [5.41, 5.74) is 16.4. The summed E-state index contributed by atoms with van der Waals surface area (Å²) in [6.45, 7) is 2.11. The van der Waals surface area contributed by atoms with Gasteiger partial charge in [0, 0.05) is 53.5 Å². The van der Waals surface area contributed by atoms with Crippen LogP contribution in [0, 0.1) is 5.92 Å². The number of hydrogen-bond acceptors (Lipinski definition) is 13. The number of amides is 1. The van der Waals surface area contributed by atoms with Crippen LogP contribution in [0.1, 0.15) is 101 Å². The zero-order valence-electron chi connectivity index (χ0n) is 27.8. The van der Waals surface area contributed by atoms with Crippen molar-refractivity contribution in [1.82, 2.24) is 10.9 Å². The second-order valence-corrected chi connectivity index (χ2v) is 13.3. The zero-order chi connectivity index (χ0) is 36.3. The number of aliphatic hydroxyl groups is 2. The maximum absolute atomic E-state index is 13.9. The molecule has 268 valence electrons. The normalized spacial score (nSPS) is 26.1. The molecule has 0 bridgehead atoms. The van der Waals surface area contributed by atoms with E-state index in [4.69, 9.17) is 20.7 Å². The van der Waals surface area contributed by atoms with E-state index in [1.807, 2.05) is 0 Å². The van der Waals surface area contributed by atoms with Crippen molar-refractivity contribution < 1.29 is 49.1 Å². The van der Waals surface area contributed by atoms with E-state index in [0.29, 0.717) is 38.5 Å². The van der Waals surface area contributed by atoms with Gasteiger partial charge in [0.1, 0.15) is 29.6 Å². The van der Waals surface area contributed by atoms with Crippen molar-refractivity contribution in [3.8, 4) is 17.2 Å². The van der Waals surface area contributed by atoms with Crippen molar-refractivity contribution in [2.75, 3.05) is 13.7 Å². The number of fused-ring (bicyclic) bond motifs is 3. The number of methoxy groups -OCH3 is 1. The van der Waals surface area contributed by atoms with Gasteiger partial charge in [-0.1, -0.05) is 30.6 Å². The van der Waals surface area contributed by atoms with E-state index < -0.39 is 82.5 Å². The highest BCUT2D eigenvalue weighted by Crippen LogP contribution is 2.53. The van der Waals surface area contributed by atoms with Crippen molar-refractivity contribution >= 4 is 23.8 Å². The maximum Gasteiger partial charge on any atom is 0.234 e. The molecule has 0 heterocycles. The fourth-order valence-corrected chi connectivity index (χ4v) is 7.36. The molecule has 2 aromatic rings. The number of carbonyl (C=O) groups excluding carboxylic acids is 4. The van der Waals surface area contributed by atoms with Crippen molar-refractivity contribution in [2.45, 2.75) is 94.3 Å². The predicted molar refractivity (Wildman–Crippen MR) is 177 cm³/mol. The van der Waals surface area contributed by atoms with Crippen molar-refractivity contribution in [3.05, 3.63) is 62.0 Å². The molecule has 7 atom stereocenters. The Bertz CT molecular complexity index is 1720. The number of phenols is 2. The van der Waals surface area contributed by atoms with Gasteiger partial charge < -0.3 is 40.4 Å². The number of nitrogens with one attached hydrogen (secondary N) is 2. The van der Waals surface area contributed by atoms with E-state index >= 15 is 0 Å². The average Bonchev–Trinajstić information content (AvgIpc) is 3.08. The van der Waals surface area contributed by atoms with Gasteiger partial charge in [-0.05, 0) is 43.2 Å². The number of nitrogens with zero attached hydrogens (tertiary/aromatic N) is 3. The van der Waals surface area contributed by atoms with Crippen LogP contribution < -0.4 is 21.3 Å². The van der Waals surface area contributed by atoms with Gasteiger partial charge in [0.05, 0.1) is 47.7 Å². The van der Waals surface area contributed by atoms with Gasteiger partial charge >= 0.3 is 0 Å². The fraction of sp³-hybridized carbons (Fsp3) is 0.529. The third-order valence-corrected chi connectivity index (χ3v) is 9.96. The highest BCUT2D eigenvalue weighted by molar-refractivity contribution is 6.31. The third kappa shape index (κ3) is 6.90. The Morgan fingerprint density at radius 2 is 1.90 bits per heavy atom. The number of benzene rings is 2. The van der Waals surface area contributed by atoms with E-state index in [1.165, 1.54) is 25.3 Å². The molecule has 1 amide bonds. The summed E-state index contributed by atoms with van der Waals surface area (Å²) in [7, 11) is 1.33. The first-order chi connectivity index (χ1) is 23.9. The zero-order valence-corrected chi connectivity index (χ0v) is 27.8. The van der Waals surface area contributed by atoms with Crippen molar-refractivity contribution in [2.24, 2.45) is 16.8 Å². The highest BCUT2D eigenvalue weighted by Gasteiger charge is 2.50. The molecule has 0 aliphatic heterocycles. The summed E-state index contributed by atoms with van der Waals surface area (Å²) in [6.07, 6.45) is -0.713. The first kappa shape index (κ1) is 36.7. The number of aliphatic hydroxyl groups excluding tert-OH is 1. The molecule has 0 aromatic heterocycles. The molecule has 2 aromatic carbocycles. The van der Waals surface area contributed by atoms with E-state index in [-0.39, 0.29) is 53.2 Å². The van der Waals surface area contributed by atoms with Gasteiger partial charge in [-0.25, -0.2) is 5.43 Å². The molecule has 5 rings (SSSR count). The van der Waals surface area contributed by atoms with Crippen LogP contribution >= 0.6 is 0 Å². The van der Waals surface area contributed by atoms with E-state index in [9.17, 15) is 39.6 Å². The smallest absolute Gasteiger partial charge is 0.234 e. The number of ether oxygens (including phenoxy) is 2. The summed E-state index contributed by atoms with van der Waals surface area (Å²) in [5.74, 6) is -3.43. The highest BCUT2D eigenvalue weighted by atomic mass is 16.5. The number of phenolic OH excluding ortho intramolecular Hbond substituents is 2. The van der Waals surface area contributed by atoms with Crippen LogP contribution in [0.25, 0.3) is 10.4 Å². The lowest BCUT2D eigenvalue weighted by molar-refractivity contribution is -0.133. The number of rotatable bonds is 13. The molecule has 8 N–H and O–H groups in total. The number of aromatic hydroxyl groups is 2. The Labute approximate surface area is 287 Å². The second kappa shape index (κ2) is 15.1. The minimum atomic E-state index is -2.05. The van der Waals surface area contributed by atoms with Gasteiger partial charge in [-0.2, -0.15) is 0 Å². The Morgan fingerprint density at radius 1 is 1.16 bits per heavy atom. The molecule has 0 spiro atoms. The first-order valence-electron chi connectivity index (χ1n) is 16.6. The number of azide groups is 1. The van der Waals surface area contributed by atoms with Gasteiger partial charge in [0.2, 0.25) is 11.7 Å². The Hall–Kier alpha value is -4.57. The first-order valence-corrected chi connectivity index (χ1v) is 16.6. The number of ketones is 2.